The highest BCUT2D eigenvalue weighted by Crippen LogP contribution is 2.25. The Hall–Kier alpha value is -0.550. The molecule has 1 nitrogen and oxygen atoms in total. The molecule has 14 heavy (non-hydrogen) atoms. The minimum absolute atomic E-state index is 0.426. The van der Waals surface area contributed by atoms with Gasteiger partial charge >= 0.3 is 6.18 Å². The summed E-state index contributed by atoms with van der Waals surface area (Å²) in [6.07, 6.45) is -7.29. The number of hydrogen-bond acceptors (Lipinski definition) is 1. The molecule has 0 saturated carbocycles. The van der Waals surface area contributed by atoms with Gasteiger partial charge in [-0.3, -0.25) is 0 Å². The summed E-state index contributed by atoms with van der Waals surface area (Å²) in [6.45, 7) is 0. The quantitative estimate of drug-likeness (QED) is 0.875. The standard InChI is InChI=1S/C9H8BrF3O/c10-7-4-2-1-3-6(7)5-8(14)9(11,12)13/h1-4,8,14H,5H2/t8-/m1/s1. The lowest BCUT2D eigenvalue weighted by Crippen LogP contribution is -2.30. The molecule has 0 aliphatic rings. The Morgan fingerprint density at radius 3 is 2.36 bits per heavy atom. The van der Waals surface area contributed by atoms with Crippen molar-refractivity contribution in [2.75, 3.05) is 0 Å². The third kappa shape index (κ3) is 2.99. The Morgan fingerprint density at radius 1 is 1.29 bits per heavy atom. The van der Waals surface area contributed by atoms with Crippen LogP contribution in [0.4, 0.5) is 13.2 Å². The first-order valence-electron chi connectivity index (χ1n) is 3.89. The van der Waals surface area contributed by atoms with E-state index in [1.165, 1.54) is 0 Å². The highest BCUT2D eigenvalue weighted by molar-refractivity contribution is 9.10. The van der Waals surface area contributed by atoms with Crippen molar-refractivity contribution in [1.29, 1.82) is 0 Å². The third-order valence-corrected chi connectivity index (χ3v) is 2.52. The van der Waals surface area contributed by atoms with E-state index < -0.39 is 18.7 Å². The maximum atomic E-state index is 12.0. The fourth-order valence-corrected chi connectivity index (χ4v) is 1.43. The van der Waals surface area contributed by atoms with Gasteiger partial charge < -0.3 is 5.11 Å². The Labute approximate surface area is 87.7 Å². The normalized spacial score (nSPS) is 14.1. The zero-order chi connectivity index (χ0) is 10.8. The van der Waals surface area contributed by atoms with Crippen LogP contribution in [0, 0.1) is 0 Å². The Bertz CT molecular complexity index is 311. The smallest absolute Gasteiger partial charge is 0.383 e. The molecule has 0 aliphatic carbocycles. The van der Waals surface area contributed by atoms with Gasteiger partial charge in [0.15, 0.2) is 6.10 Å². The van der Waals surface area contributed by atoms with Crippen LogP contribution in [0.5, 0.6) is 0 Å². The van der Waals surface area contributed by atoms with Gasteiger partial charge in [-0.05, 0) is 11.6 Å². The lowest BCUT2D eigenvalue weighted by atomic mass is 10.1. The van der Waals surface area contributed by atoms with E-state index in [0.29, 0.717) is 10.0 Å². The van der Waals surface area contributed by atoms with Gasteiger partial charge in [0.25, 0.3) is 0 Å². The number of aliphatic hydroxyl groups excluding tert-OH is 1. The summed E-state index contributed by atoms with van der Waals surface area (Å²) in [5.74, 6) is 0. The van der Waals surface area contributed by atoms with Crippen molar-refractivity contribution < 1.29 is 18.3 Å². The largest absolute Gasteiger partial charge is 0.414 e. The predicted molar refractivity (Wildman–Crippen MR) is 49.9 cm³/mol. The minimum Gasteiger partial charge on any atom is -0.383 e. The van der Waals surface area contributed by atoms with Crippen molar-refractivity contribution in [2.45, 2.75) is 18.7 Å². The number of halogens is 4. The van der Waals surface area contributed by atoms with Crippen molar-refractivity contribution in [3.8, 4) is 0 Å². The number of rotatable bonds is 2. The van der Waals surface area contributed by atoms with Crippen LogP contribution >= 0.6 is 15.9 Å². The van der Waals surface area contributed by atoms with Crippen LogP contribution in [0.3, 0.4) is 0 Å². The minimum atomic E-state index is -4.56. The van der Waals surface area contributed by atoms with Gasteiger partial charge in [-0.25, -0.2) is 0 Å². The maximum Gasteiger partial charge on any atom is 0.414 e. The van der Waals surface area contributed by atoms with E-state index in [1.54, 1.807) is 24.3 Å². The average Bonchev–Trinajstić information content (AvgIpc) is 2.07. The molecule has 0 spiro atoms. The molecule has 0 bridgehead atoms. The second kappa shape index (κ2) is 4.31. The number of alkyl halides is 3. The molecule has 0 heterocycles. The van der Waals surface area contributed by atoms with E-state index in [-0.39, 0.29) is 0 Å². The molecule has 0 fully saturated rings. The summed E-state index contributed by atoms with van der Waals surface area (Å²) >= 11 is 3.11. The van der Waals surface area contributed by atoms with Gasteiger partial charge in [0.2, 0.25) is 0 Å². The summed E-state index contributed by atoms with van der Waals surface area (Å²) in [6, 6.07) is 6.51. The fraction of sp³-hybridized carbons (Fsp3) is 0.333. The van der Waals surface area contributed by atoms with Gasteiger partial charge in [-0.15, -0.1) is 0 Å². The van der Waals surface area contributed by atoms with Crippen LogP contribution in [-0.4, -0.2) is 17.4 Å². The lowest BCUT2D eigenvalue weighted by Gasteiger charge is -2.14. The molecule has 0 amide bonds. The van der Waals surface area contributed by atoms with Crippen LogP contribution < -0.4 is 0 Å². The molecule has 0 saturated heterocycles. The maximum absolute atomic E-state index is 12.0. The molecule has 1 rings (SSSR count). The van der Waals surface area contributed by atoms with Gasteiger partial charge in [0, 0.05) is 10.9 Å². The summed E-state index contributed by atoms with van der Waals surface area (Å²) < 4.78 is 36.6. The second-order valence-corrected chi connectivity index (χ2v) is 3.71. The molecule has 1 N–H and O–H groups in total. The van der Waals surface area contributed by atoms with Gasteiger partial charge in [-0.1, -0.05) is 34.1 Å². The zero-order valence-corrected chi connectivity index (χ0v) is 8.64. The van der Waals surface area contributed by atoms with E-state index in [0.717, 1.165) is 0 Å². The summed E-state index contributed by atoms with van der Waals surface area (Å²) in [5, 5.41) is 8.82. The molecule has 1 aromatic rings. The number of hydrogen-bond donors (Lipinski definition) is 1. The lowest BCUT2D eigenvalue weighted by molar-refractivity contribution is -0.203. The van der Waals surface area contributed by atoms with Crippen LogP contribution in [0.1, 0.15) is 5.56 Å². The molecular formula is C9H8BrF3O. The summed E-state index contributed by atoms with van der Waals surface area (Å²) in [4.78, 5) is 0. The van der Waals surface area contributed by atoms with E-state index in [9.17, 15) is 13.2 Å². The summed E-state index contributed by atoms with van der Waals surface area (Å²) in [5.41, 5.74) is 0.442. The van der Waals surface area contributed by atoms with E-state index in [2.05, 4.69) is 15.9 Å². The first-order chi connectivity index (χ1) is 6.41. The predicted octanol–water partition coefficient (Wildman–Crippen LogP) is 2.91. The molecule has 78 valence electrons. The molecule has 1 aromatic carbocycles. The van der Waals surface area contributed by atoms with E-state index in [4.69, 9.17) is 5.11 Å². The highest BCUT2D eigenvalue weighted by Gasteiger charge is 2.38. The van der Waals surface area contributed by atoms with E-state index in [1.807, 2.05) is 0 Å². The van der Waals surface area contributed by atoms with Crippen LogP contribution in [0.25, 0.3) is 0 Å². The van der Waals surface area contributed by atoms with Crippen molar-refractivity contribution >= 4 is 15.9 Å². The number of aliphatic hydroxyl groups is 1. The zero-order valence-electron chi connectivity index (χ0n) is 7.05. The van der Waals surface area contributed by atoms with Gasteiger partial charge in [0.05, 0.1) is 0 Å². The van der Waals surface area contributed by atoms with Gasteiger partial charge in [-0.2, -0.15) is 13.2 Å². The third-order valence-electron chi connectivity index (χ3n) is 1.75. The monoisotopic (exact) mass is 268 g/mol. The SMILES string of the molecule is O[C@H](Cc1ccccc1Br)C(F)(F)F. The first kappa shape index (κ1) is 11.5. The molecule has 0 unspecified atom stereocenters. The Morgan fingerprint density at radius 2 is 1.86 bits per heavy atom. The second-order valence-electron chi connectivity index (χ2n) is 2.85. The highest BCUT2D eigenvalue weighted by atomic mass is 79.9. The van der Waals surface area contributed by atoms with Crippen LogP contribution in [0.15, 0.2) is 28.7 Å². The topological polar surface area (TPSA) is 20.2 Å². The average molecular weight is 269 g/mol. The van der Waals surface area contributed by atoms with Crippen molar-refractivity contribution in [3.05, 3.63) is 34.3 Å². The Kier molecular flexibility index (Phi) is 3.55. The van der Waals surface area contributed by atoms with E-state index >= 15 is 0 Å². The Balaban J connectivity index is 2.75. The molecule has 0 aliphatic heterocycles. The molecule has 0 radical (unpaired) electrons. The van der Waals surface area contributed by atoms with Crippen molar-refractivity contribution in [2.24, 2.45) is 0 Å². The number of benzene rings is 1. The van der Waals surface area contributed by atoms with Crippen molar-refractivity contribution in [1.82, 2.24) is 0 Å². The molecule has 0 aromatic heterocycles. The molecular weight excluding hydrogens is 261 g/mol. The van der Waals surface area contributed by atoms with Crippen LogP contribution in [0.2, 0.25) is 0 Å². The van der Waals surface area contributed by atoms with Gasteiger partial charge in [0.1, 0.15) is 0 Å². The first-order valence-corrected chi connectivity index (χ1v) is 4.68. The van der Waals surface area contributed by atoms with Crippen LogP contribution in [-0.2, 0) is 6.42 Å². The summed E-state index contributed by atoms with van der Waals surface area (Å²) in [7, 11) is 0. The molecule has 5 heteroatoms. The molecule has 1 atom stereocenters. The fourth-order valence-electron chi connectivity index (χ4n) is 0.988. The van der Waals surface area contributed by atoms with Crippen molar-refractivity contribution in [3.63, 3.8) is 0 Å².